The number of aliphatic hydroxyl groups excluding tert-OH is 1. The van der Waals surface area contributed by atoms with E-state index in [0.29, 0.717) is 22.4 Å². The Kier molecular flexibility index (Phi) is 3.26. The van der Waals surface area contributed by atoms with E-state index in [4.69, 9.17) is 9.63 Å². The molecule has 0 atom stereocenters. The minimum atomic E-state index is -0.448. The van der Waals surface area contributed by atoms with Crippen LogP contribution >= 0.6 is 0 Å². The standard InChI is InChI=1S/C14H12FN3O3/c1-8-11-12(9-3-2-4-10(15)7-9)16-18(5-6-19)14(20)13(11)17-21-8/h2-4,7,19H,5-6H2,1H3. The molecule has 108 valence electrons. The van der Waals surface area contributed by atoms with Crippen molar-refractivity contribution in [3.05, 3.63) is 46.2 Å². The summed E-state index contributed by atoms with van der Waals surface area (Å²) in [4.78, 5) is 12.2. The Morgan fingerprint density at radius 1 is 1.43 bits per heavy atom. The Morgan fingerprint density at radius 2 is 2.24 bits per heavy atom. The first-order chi connectivity index (χ1) is 10.1. The largest absolute Gasteiger partial charge is 0.394 e. The van der Waals surface area contributed by atoms with E-state index in [-0.39, 0.29) is 18.7 Å². The second kappa shape index (κ2) is 5.10. The van der Waals surface area contributed by atoms with Gasteiger partial charge in [-0.3, -0.25) is 4.79 Å². The van der Waals surface area contributed by atoms with E-state index in [1.807, 2.05) is 0 Å². The first-order valence-electron chi connectivity index (χ1n) is 6.35. The van der Waals surface area contributed by atoms with E-state index in [0.717, 1.165) is 4.68 Å². The van der Waals surface area contributed by atoms with Gasteiger partial charge >= 0.3 is 0 Å². The normalized spacial score (nSPS) is 11.2. The van der Waals surface area contributed by atoms with Gasteiger partial charge in [0.2, 0.25) is 0 Å². The predicted molar refractivity (Wildman–Crippen MR) is 73.3 cm³/mol. The smallest absolute Gasteiger partial charge is 0.296 e. The molecule has 3 aromatic rings. The van der Waals surface area contributed by atoms with Crippen molar-refractivity contribution < 1.29 is 14.0 Å². The van der Waals surface area contributed by atoms with Crippen molar-refractivity contribution in [2.45, 2.75) is 13.5 Å². The van der Waals surface area contributed by atoms with E-state index >= 15 is 0 Å². The van der Waals surface area contributed by atoms with Crippen molar-refractivity contribution in [2.24, 2.45) is 0 Å². The fraction of sp³-hybridized carbons (Fsp3) is 0.214. The molecule has 0 unspecified atom stereocenters. The Hall–Kier alpha value is -2.54. The first-order valence-corrected chi connectivity index (χ1v) is 6.35. The molecule has 1 aromatic carbocycles. The van der Waals surface area contributed by atoms with Crippen LogP contribution in [0.5, 0.6) is 0 Å². The van der Waals surface area contributed by atoms with Crippen LogP contribution in [0.3, 0.4) is 0 Å². The van der Waals surface area contributed by atoms with Gasteiger partial charge in [0, 0.05) is 5.56 Å². The number of hydrogen-bond acceptors (Lipinski definition) is 5. The fourth-order valence-electron chi connectivity index (χ4n) is 2.22. The number of aromatic nitrogens is 3. The second-order valence-corrected chi connectivity index (χ2v) is 4.57. The minimum absolute atomic E-state index is 0.0308. The lowest BCUT2D eigenvalue weighted by atomic mass is 10.1. The van der Waals surface area contributed by atoms with Gasteiger partial charge in [-0.25, -0.2) is 9.07 Å². The molecule has 0 amide bonds. The SMILES string of the molecule is Cc1onc2c(=O)n(CCO)nc(-c3cccc(F)c3)c12. The average Bonchev–Trinajstić information content (AvgIpc) is 2.85. The van der Waals surface area contributed by atoms with E-state index in [9.17, 15) is 9.18 Å². The van der Waals surface area contributed by atoms with E-state index in [1.54, 1.807) is 19.1 Å². The third-order valence-electron chi connectivity index (χ3n) is 3.17. The molecule has 0 radical (unpaired) electrons. The Morgan fingerprint density at radius 3 is 2.95 bits per heavy atom. The highest BCUT2D eigenvalue weighted by atomic mass is 19.1. The van der Waals surface area contributed by atoms with Crippen LogP contribution in [0.1, 0.15) is 5.76 Å². The van der Waals surface area contributed by atoms with E-state index < -0.39 is 11.4 Å². The summed E-state index contributed by atoms with van der Waals surface area (Å²) >= 11 is 0. The van der Waals surface area contributed by atoms with Gasteiger partial charge in [-0.1, -0.05) is 17.3 Å². The average molecular weight is 289 g/mol. The van der Waals surface area contributed by atoms with Crippen LogP contribution in [0.2, 0.25) is 0 Å². The van der Waals surface area contributed by atoms with Gasteiger partial charge in [-0.2, -0.15) is 5.10 Å². The van der Waals surface area contributed by atoms with E-state index in [1.165, 1.54) is 12.1 Å². The quantitative estimate of drug-likeness (QED) is 0.790. The molecule has 6 nitrogen and oxygen atoms in total. The van der Waals surface area contributed by atoms with Gasteiger partial charge in [-0.15, -0.1) is 0 Å². The number of halogens is 1. The third kappa shape index (κ3) is 2.21. The number of benzene rings is 1. The van der Waals surface area contributed by atoms with Crippen LogP contribution < -0.4 is 5.56 Å². The number of fused-ring (bicyclic) bond motifs is 1. The molecule has 0 bridgehead atoms. The molecule has 0 aliphatic heterocycles. The molecule has 0 fully saturated rings. The fourth-order valence-corrected chi connectivity index (χ4v) is 2.22. The zero-order valence-corrected chi connectivity index (χ0v) is 11.2. The monoisotopic (exact) mass is 289 g/mol. The summed E-state index contributed by atoms with van der Waals surface area (Å²) in [5, 5.41) is 17.4. The molecule has 2 heterocycles. The zero-order valence-electron chi connectivity index (χ0n) is 11.2. The van der Waals surface area contributed by atoms with Crippen molar-refractivity contribution >= 4 is 10.9 Å². The summed E-state index contributed by atoms with van der Waals surface area (Å²) in [5.74, 6) is 0.0291. The maximum Gasteiger partial charge on any atom is 0.296 e. The molecular formula is C14H12FN3O3. The lowest BCUT2D eigenvalue weighted by Gasteiger charge is -2.07. The molecule has 0 saturated carbocycles. The minimum Gasteiger partial charge on any atom is -0.394 e. The maximum absolute atomic E-state index is 13.4. The van der Waals surface area contributed by atoms with Gasteiger partial charge in [0.15, 0.2) is 5.52 Å². The Labute approximate surface area is 118 Å². The Balaban J connectivity index is 2.37. The molecule has 2 aromatic heterocycles. The van der Waals surface area contributed by atoms with Gasteiger partial charge < -0.3 is 9.63 Å². The molecule has 1 N–H and O–H groups in total. The highest BCUT2D eigenvalue weighted by molar-refractivity contribution is 5.92. The molecule has 0 spiro atoms. The highest BCUT2D eigenvalue weighted by Crippen LogP contribution is 2.27. The van der Waals surface area contributed by atoms with Gasteiger partial charge in [0.05, 0.1) is 18.5 Å². The number of aliphatic hydroxyl groups is 1. The van der Waals surface area contributed by atoms with Crippen LogP contribution in [0.15, 0.2) is 33.6 Å². The lowest BCUT2D eigenvalue weighted by Crippen LogP contribution is -2.25. The zero-order chi connectivity index (χ0) is 15.0. The van der Waals surface area contributed by atoms with Crippen LogP contribution in [0, 0.1) is 12.7 Å². The summed E-state index contributed by atoms with van der Waals surface area (Å²) in [6.45, 7) is 1.45. The number of hydrogen-bond donors (Lipinski definition) is 1. The molecule has 21 heavy (non-hydrogen) atoms. The van der Waals surface area contributed by atoms with Gasteiger partial charge in [0.1, 0.15) is 17.3 Å². The van der Waals surface area contributed by atoms with Crippen molar-refractivity contribution in [1.29, 1.82) is 0 Å². The summed E-state index contributed by atoms with van der Waals surface area (Å²) in [7, 11) is 0. The lowest BCUT2D eigenvalue weighted by molar-refractivity contribution is 0.266. The molecular weight excluding hydrogens is 277 g/mol. The number of nitrogens with zero attached hydrogens (tertiary/aromatic N) is 3. The van der Waals surface area contributed by atoms with Crippen LogP contribution in [-0.2, 0) is 6.54 Å². The van der Waals surface area contributed by atoms with Gasteiger partial charge in [-0.05, 0) is 19.1 Å². The summed E-state index contributed by atoms with van der Waals surface area (Å²) in [5.41, 5.74) is 0.584. The van der Waals surface area contributed by atoms with Gasteiger partial charge in [0.25, 0.3) is 5.56 Å². The first kappa shape index (κ1) is 13.4. The van der Waals surface area contributed by atoms with Crippen LogP contribution in [0.4, 0.5) is 4.39 Å². The summed E-state index contributed by atoms with van der Waals surface area (Å²) in [6.07, 6.45) is 0. The topological polar surface area (TPSA) is 81.2 Å². The van der Waals surface area contributed by atoms with Crippen molar-refractivity contribution in [3.63, 3.8) is 0 Å². The molecule has 3 rings (SSSR count). The highest BCUT2D eigenvalue weighted by Gasteiger charge is 2.18. The summed E-state index contributed by atoms with van der Waals surface area (Å²) < 4.78 is 19.6. The summed E-state index contributed by atoms with van der Waals surface area (Å²) in [6, 6.07) is 5.89. The number of aryl methyl sites for hydroxylation is 1. The second-order valence-electron chi connectivity index (χ2n) is 4.57. The molecule has 0 aliphatic rings. The van der Waals surface area contributed by atoms with E-state index in [2.05, 4.69) is 10.3 Å². The predicted octanol–water partition coefficient (Wildman–Crippen LogP) is 1.49. The van der Waals surface area contributed by atoms with Crippen molar-refractivity contribution in [3.8, 4) is 11.3 Å². The Bertz CT molecular complexity index is 870. The van der Waals surface area contributed by atoms with Crippen LogP contribution in [0.25, 0.3) is 22.2 Å². The molecule has 0 aliphatic carbocycles. The van der Waals surface area contributed by atoms with Crippen LogP contribution in [-0.4, -0.2) is 26.7 Å². The maximum atomic E-state index is 13.4. The molecule has 0 saturated heterocycles. The van der Waals surface area contributed by atoms with Crippen molar-refractivity contribution in [1.82, 2.24) is 14.9 Å². The number of rotatable bonds is 3. The third-order valence-corrected chi connectivity index (χ3v) is 3.17. The molecule has 7 heteroatoms. The van der Waals surface area contributed by atoms with Crippen molar-refractivity contribution in [2.75, 3.05) is 6.61 Å².